The van der Waals surface area contributed by atoms with E-state index in [2.05, 4.69) is 35.1 Å². The molecule has 3 fully saturated rings. The third-order valence-electron chi connectivity index (χ3n) is 7.32. The Kier molecular flexibility index (Phi) is 6.77. The third-order valence-corrected chi connectivity index (χ3v) is 8.26. The molecule has 0 atom stereocenters. The molecular formula is C25H30FN7O2S. The third kappa shape index (κ3) is 5.47. The van der Waals surface area contributed by atoms with E-state index in [-0.39, 0.29) is 6.10 Å². The summed E-state index contributed by atoms with van der Waals surface area (Å²) in [5, 5.41) is 3.85. The molecule has 9 nitrogen and oxygen atoms in total. The van der Waals surface area contributed by atoms with Crippen LogP contribution >= 0.6 is 11.3 Å². The fourth-order valence-electron chi connectivity index (χ4n) is 5.05. The number of alkyl halides is 1. The van der Waals surface area contributed by atoms with E-state index in [1.807, 2.05) is 18.5 Å². The Morgan fingerprint density at radius 2 is 1.83 bits per heavy atom. The molecule has 2 aliphatic heterocycles. The largest absolute Gasteiger partial charge is 0.460 e. The monoisotopic (exact) mass is 511 g/mol. The molecule has 5 heterocycles. The van der Waals surface area contributed by atoms with E-state index in [4.69, 9.17) is 9.47 Å². The van der Waals surface area contributed by atoms with E-state index in [1.54, 1.807) is 12.4 Å². The fraction of sp³-hybridized carbons (Fsp3) is 0.560. The number of aromatic nitrogens is 5. The number of rotatable bonds is 7. The molecule has 3 aliphatic rings. The minimum Gasteiger partial charge on any atom is -0.460 e. The SMILES string of the molecule is FC1CCN(Cc2cnc(Nc3ncc(-c4ccnc(OC5CCC6(CC5)COC6)n4)s3)nc2)CC1. The van der Waals surface area contributed by atoms with Gasteiger partial charge in [0.25, 0.3) is 0 Å². The normalized spacial score (nSPS) is 20.8. The molecule has 0 aromatic carbocycles. The zero-order valence-electron chi connectivity index (χ0n) is 20.1. The molecular weight excluding hydrogens is 481 g/mol. The lowest BCUT2D eigenvalue weighted by atomic mass is 9.72. The average Bonchev–Trinajstić information content (AvgIpc) is 3.35. The standard InChI is InChI=1S/C25H30FN7O2S/c26-18-4-9-33(10-5-18)14-17-11-28-22(29-12-17)32-24-30-13-21(36-24)20-3-8-27-23(31-20)35-19-1-6-25(7-2-19)15-34-16-25/h3,8,11-13,18-19H,1-2,4-7,9-10,14-16H2,(H,28,29,30,32). The molecule has 3 aromatic heterocycles. The molecule has 1 aliphatic carbocycles. The quantitative estimate of drug-likeness (QED) is 0.495. The van der Waals surface area contributed by atoms with Crippen LogP contribution in [0.4, 0.5) is 15.5 Å². The smallest absolute Gasteiger partial charge is 0.317 e. The summed E-state index contributed by atoms with van der Waals surface area (Å²) in [6.07, 6.45) is 12.1. The maximum Gasteiger partial charge on any atom is 0.317 e. The second kappa shape index (κ2) is 10.3. The van der Waals surface area contributed by atoms with Gasteiger partial charge in [0, 0.05) is 55.4 Å². The molecule has 3 aromatic rings. The molecule has 11 heteroatoms. The summed E-state index contributed by atoms with van der Waals surface area (Å²) >= 11 is 1.47. The number of nitrogens with zero attached hydrogens (tertiary/aromatic N) is 6. The van der Waals surface area contributed by atoms with Crippen molar-refractivity contribution in [1.29, 1.82) is 0 Å². The van der Waals surface area contributed by atoms with Gasteiger partial charge in [-0.15, -0.1) is 0 Å². The van der Waals surface area contributed by atoms with Gasteiger partial charge in [0.15, 0.2) is 5.13 Å². The van der Waals surface area contributed by atoms with E-state index in [0.29, 0.717) is 35.3 Å². The molecule has 1 N–H and O–H groups in total. The van der Waals surface area contributed by atoms with Crippen molar-refractivity contribution in [2.75, 3.05) is 31.6 Å². The summed E-state index contributed by atoms with van der Waals surface area (Å²) in [5.41, 5.74) is 2.19. The van der Waals surface area contributed by atoms with Crippen molar-refractivity contribution >= 4 is 22.4 Å². The second-order valence-electron chi connectivity index (χ2n) is 10.1. The van der Waals surface area contributed by atoms with Gasteiger partial charge in [-0.05, 0) is 44.6 Å². The van der Waals surface area contributed by atoms with Crippen molar-refractivity contribution in [1.82, 2.24) is 29.8 Å². The maximum atomic E-state index is 13.3. The summed E-state index contributed by atoms with van der Waals surface area (Å²) in [4.78, 5) is 25.4. The van der Waals surface area contributed by atoms with Gasteiger partial charge in [0.2, 0.25) is 5.95 Å². The minimum atomic E-state index is -0.666. The first kappa shape index (κ1) is 23.6. The zero-order valence-corrected chi connectivity index (χ0v) is 20.9. The van der Waals surface area contributed by atoms with E-state index >= 15 is 0 Å². The van der Waals surface area contributed by atoms with Gasteiger partial charge < -0.3 is 14.8 Å². The van der Waals surface area contributed by atoms with Crippen molar-refractivity contribution in [2.24, 2.45) is 5.41 Å². The lowest BCUT2D eigenvalue weighted by molar-refractivity contribution is -0.140. The predicted molar refractivity (Wildman–Crippen MR) is 134 cm³/mol. The molecule has 0 unspecified atom stereocenters. The maximum absolute atomic E-state index is 13.3. The Morgan fingerprint density at radius 1 is 1.06 bits per heavy atom. The summed E-state index contributed by atoms with van der Waals surface area (Å²) < 4.78 is 24.9. The van der Waals surface area contributed by atoms with Crippen LogP contribution in [-0.4, -0.2) is 68.4 Å². The van der Waals surface area contributed by atoms with Crippen molar-refractivity contribution in [3.63, 3.8) is 0 Å². The van der Waals surface area contributed by atoms with Crippen molar-refractivity contribution < 1.29 is 13.9 Å². The molecule has 190 valence electrons. The van der Waals surface area contributed by atoms with Crippen LogP contribution in [0.2, 0.25) is 0 Å². The number of ether oxygens (including phenoxy) is 2. The summed E-state index contributed by atoms with van der Waals surface area (Å²) in [6, 6.07) is 2.28. The van der Waals surface area contributed by atoms with E-state index in [9.17, 15) is 4.39 Å². The Bertz CT molecular complexity index is 1160. The van der Waals surface area contributed by atoms with Crippen LogP contribution in [0.1, 0.15) is 44.1 Å². The number of nitrogens with one attached hydrogen (secondary N) is 1. The highest BCUT2D eigenvalue weighted by molar-refractivity contribution is 7.18. The van der Waals surface area contributed by atoms with Gasteiger partial charge in [-0.2, -0.15) is 4.98 Å². The first-order valence-corrected chi connectivity index (χ1v) is 13.4. The van der Waals surface area contributed by atoms with Gasteiger partial charge in [0.05, 0.1) is 23.8 Å². The fourth-order valence-corrected chi connectivity index (χ4v) is 5.83. The van der Waals surface area contributed by atoms with Crippen molar-refractivity contribution in [3.05, 3.63) is 36.4 Å². The highest BCUT2D eigenvalue weighted by Gasteiger charge is 2.42. The summed E-state index contributed by atoms with van der Waals surface area (Å²) in [5.74, 6) is 0.487. The number of anilines is 2. The van der Waals surface area contributed by atoms with Crippen molar-refractivity contribution in [3.8, 4) is 16.6 Å². The topological polar surface area (TPSA) is 98.2 Å². The summed E-state index contributed by atoms with van der Waals surface area (Å²) in [7, 11) is 0. The first-order valence-electron chi connectivity index (χ1n) is 12.6. The highest BCUT2D eigenvalue weighted by Crippen LogP contribution is 2.43. The average molecular weight is 512 g/mol. The number of thiazole rings is 1. The van der Waals surface area contributed by atoms with E-state index in [1.165, 1.54) is 11.3 Å². The molecule has 0 bridgehead atoms. The number of likely N-dealkylation sites (tertiary alicyclic amines) is 1. The van der Waals surface area contributed by atoms with Crippen LogP contribution in [0.3, 0.4) is 0 Å². The Balaban J connectivity index is 1.04. The van der Waals surface area contributed by atoms with Crippen molar-refractivity contribution in [2.45, 2.75) is 57.3 Å². The molecule has 6 rings (SSSR count). The highest BCUT2D eigenvalue weighted by atomic mass is 32.1. The van der Waals surface area contributed by atoms with Gasteiger partial charge >= 0.3 is 6.01 Å². The second-order valence-corrected chi connectivity index (χ2v) is 11.1. The van der Waals surface area contributed by atoms with Crippen LogP contribution in [0.5, 0.6) is 6.01 Å². The van der Waals surface area contributed by atoms with Crippen LogP contribution < -0.4 is 10.1 Å². The predicted octanol–water partition coefficient (Wildman–Crippen LogP) is 4.41. The lowest BCUT2D eigenvalue weighted by Gasteiger charge is -2.45. The Hall–Kier alpha value is -2.76. The first-order chi connectivity index (χ1) is 17.6. The molecule has 1 saturated carbocycles. The molecule has 0 radical (unpaired) electrons. The van der Waals surface area contributed by atoms with Gasteiger partial charge in [-0.25, -0.2) is 24.3 Å². The van der Waals surface area contributed by atoms with Gasteiger partial charge in [-0.3, -0.25) is 4.90 Å². The van der Waals surface area contributed by atoms with Crippen LogP contribution in [0, 0.1) is 5.41 Å². The number of hydrogen-bond acceptors (Lipinski definition) is 10. The van der Waals surface area contributed by atoms with Crippen LogP contribution in [0.25, 0.3) is 10.6 Å². The van der Waals surface area contributed by atoms with Crippen LogP contribution in [-0.2, 0) is 11.3 Å². The molecule has 2 saturated heterocycles. The van der Waals surface area contributed by atoms with Crippen LogP contribution in [0.15, 0.2) is 30.9 Å². The number of halogens is 1. The number of piperidine rings is 1. The Labute approximate surface area is 213 Å². The zero-order chi connectivity index (χ0) is 24.4. The molecule has 36 heavy (non-hydrogen) atoms. The lowest BCUT2D eigenvalue weighted by Crippen LogP contribution is -2.46. The van der Waals surface area contributed by atoms with Gasteiger partial charge in [0.1, 0.15) is 12.3 Å². The van der Waals surface area contributed by atoms with E-state index in [0.717, 1.165) is 74.7 Å². The minimum absolute atomic E-state index is 0.154. The molecule has 1 spiro atoms. The molecule has 0 amide bonds. The Morgan fingerprint density at radius 3 is 2.56 bits per heavy atom. The van der Waals surface area contributed by atoms with Gasteiger partial charge in [-0.1, -0.05) is 11.3 Å². The van der Waals surface area contributed by atoms with E-state index < -0.39 is 6.17 Å². The number of hydrogen-bond donors (Lipinski definition) is 1. The summed E-state index contributed by atoms with van der Waals surface area (Å²) in [6.45, 7) is 4.07.